The van der Waals surface area contributed by atoms with Crippen LogP contribution in [0.2, 0.25) is 0 Å². The second kappa shape index (κ2) is 7.07. The number of aromatic nitrogens is 3. The molecule has 8 nitrogen and oxygen atoms in total. The summed E-state index contributed by atoms with van der Waals surface area (Å²) >= 11 is 0. The molecule has 8 heteroatoms. The molecule has 3 aromatic rings. The molecule has 140 valence electrons. The van der Waals surface area contributed by atoms with Crippen molar-refractivity contribution in [3.05, 3.63) is 82.9 Å². The van der Waals surface area contributed by atoms with Crippen LogP contribution in [-0.2, 0) is 6.54 Å². The second-order valence-corrected chi connectivity index (χ2v) is 6.51. The first-order valence-corrected chi connectivity index (χ1v) is 8.75. The van der Waals surface area contributed by atoms with Gasteiger partial charge in [0.1, 0.15) is 12.2 Å². The number of hydrogen-bond acceptors (Lipinski definition) is 5. The molecule has 0 saturated carbocycles. The van der Waals surface area contributed by atoms with Gasteiger partial charge in [-0.25, -0.2) is 4.98 Å². The van der Waals surface area contributed by atoms with Crippen molar-refractivity contribution in [1.29, 1.82) is 0 Å². The maximum Gasteiger partial charge on any atom is 0.261 e. The highest BCUT2D eigenvalue weighted by Crippen LogP contribution is 2.24. The summed E-state index contributed by atoms with van der Waals surface area (Å²) in [6, 6.07) is 13.3. The van der Waals surface area contributed by atoms with Crippen LogP contribution in [0.3, 0.4) is 0 Å². The maximum absolute atomic E-state index is 12.5. The smallest absolute Gasteiger partial charge is 0.261 e. The van der Waals surface area contributed by atoms with Gasteiger partial charge in [0.15, 0.2) is 0 Å². The molecule has 0 radical (unpaired) electrons. The Morgan fingerprint density at radius 1 is 1.11 bits per heavy atom. The van der Waals surface area contributed by atoms with Gasteiger partial charge in [0.2, 0.25) is 0 Å². The normalized spacial score (nSPS) is 14.1. The molecule has 2 heterocycles. The molecule has 2 aromatic carbocycles. The van der Waals surface area contributed by atoms with Crippen LogP contribution < -0.4 is 5.32 Å². The number of hydrogen-bond donors (Lipinski definition) is 2. The molecule has 28 heavy (non-hydrogen) atoms. The molecule has 1 aromatic heterocycles. The van der Waals surface area contributed by atoms with Crippen LogP contribution in [0.1, 0.15) is 55.4 Å². The van der Waals surface area contributed by atoms with Crippen molar-refractivity contribution >= 4 is 17.7 Å². The lowest BCUT2D eigenvalue weighted by Crippen LogP contribution is -2.30. The van der Waals surface area contributed by atoms with E-state index in [9.17, 15) is 14.4 Å². The van der Waals surface area contributed by atoms with Crippen molar-refractivity contribution in [1.82, 2.24) is 25.4 Å². The van der Waals surface area contributed by atoms with Crippen LogP contribution in [0.4, 0.5) is 0 Å². The van der Waals surface area contributed by atoms with Gasteiger partial charge in [-0.1, -0.05) is 24.3 Å². The molecule has 1 aliphatic heterocycles. The van der Waals surface area contributed by atoms with Crippen LogP contribution in [0.25, 0.3) is 0 Å². The number of benzene rings is 2. The standard InChI is InChI=1S/C20H17N5O3/c1-12(17-21-11-22-24-17)23-18(26)14-6-4-5-13(9-14)10-25-19(27)15-7-2-3-8-16(15)20(25)28/h2-9,11-12H,10H2,1H3,(H,23,26)(H,21,22,24)/t12-/m1/s1. The molecule has 2 N–H and O–H groups in total. The Morgan fingerprint density at radius 3 is 2.46 bits per heavy atom. The molecule has 0 bridgehead atoms. The van der Waals surface area contributed by atoms with E-state index in [1.165, 1.54) is 11.2 Å². The Labute approximate surface area is 160 Å². The van der Waals surface area contributed by atoms with Crippen molar-refractivity contribution in [3.8, 4) is 0 Å². The Kier molecular flexibility index (Phi) is 4.44. The van der Waals surface area contributed by atoms with Crippen molar-refractivity contribution in [2.24, 2.45) is 0 Å². The van der Waals surface area contributed by atoms with E-state index in [0.717, 1.165) is 0 Å². The third-order valence-corrected chi connectivity index (χ3v) is 4.60. The van der Waals surface area contributed by atoms with Crippen LogP contribution in [0.5, 0.6) is 0 Å². The SMILES string of the molecule is C[C@@H](NC(=O)c1cccc(CN2C(=O)c3ccccc3C2=O)c1)c1ncn[nH]1. The number of amides is 3. The van der Waals surface area contributed by atoms with Gasteiger partial charge in [-0.2, -0.15) is 5.10 Å². The number of aromatic amines is 1. The number of imide groups is 1. The van der Waals surface area contributed by atoms with E-state index in [1.54, 1.807) is 55.5 Å². The molecular formula is C20H17N5O3. The monoisotopic (exact) mass is 375 g/mol. The predicted molar refractivity (Wildman–Crippen MR) is 99.4 cm³/mol. The number of carbonyl (C=O) groups is 3. The van der Waals surface area contributed by atoms with Crippen molar-refractivity contribution in [2.45, 2.75) is 19.5 Å². The average molecular weight is 375 g/mol. The first kappa shape index (κ1) is 17.6. The maximum atomic E-state index is 12.5. The van der Waals surface area contributed by atoms with Crippen LogP contribution in [0, 0.1) is 0 Å². The van der Waals surface area contributed by atoms with Gasteiger partial charge in [-0.05, 0) is 36.8 Å². The first-order valence-electron chi connectivity index (χ1n) is 8.75. The summed E-state index contributed by atoms with van der Waals surface area (Å²) in [7, 11) is 0. The minimum Gasteiger partial charge on any atom is -0.342 e. The van der Waals surface area contributed by atoms with Crippen molar-refractivity contribution < 1.29 is 14.4 Å². The van der Waals surface area contributed by atoms with E-state index in [1.807, 2.05) is 0 Å². The van der Waals surface area contributed by atoms with E-state index in [-0.39, 0.29) is 30.3 Å². The van der Waals surface area contributed by atoms with Crippen molar-refractivity contribution in [3.63, 3.8) is 0 Å². The summed E-state index contributed by atoms with van der Waals surface area (Å²) in [5, 5.41) is 9.31. The fourth-order valence-electron chi connectivity index (χ4n) is 3.15. The third-order valence-electron chi connectivity index (χ3n) is 4.60. The minimum atomic E-state index is -0.338. The quantitative estimate of drug-likeness (QED) is 0.664. The largest absolute Gasteiger partial charge is 0.342 e. The van der Waals surface area contributed by atoms with Gasteiger partial charge < -0.3 is 5.32 Å². The highest BCUT2D eigenvalue weighted by atomic mass is 16.2. The lowest BCUT2D eigenvalue weighted by atomic mass is 10.1. The Bertz CT molecular complexity index is 1030. The number of H-pyrrole nitrogens is 1. The zero-order valence-corrected chi connectivity index (χ0v) is 15.0. The van der Waals surface area contributed by atoms with Gasteiger partial charge in [0.25, 0.3) is 17.7 Å². The van der Waals surface area contributed by atoms with Gasteiger partial charge in [-0.15, -0.1) is 0 Å². The van der Waals surface area contributed by atoms with Gasteiger partial charge in [-0.3, -0.25) is 24.4 Å². The third kappa shape index (κ3) is 3.16. The lowest BCUT2D eigenvalue weighted by Gasteiger charge is -2.15. The van der Waals surface area contributed by atoms with E-state index in [0.29, 0.717) is 28.1 Å². The zero-order valence-electron chi connectivity index (χ0n) is 15.0. The topological polar surface area (TPSA) is 108 Å². The van der Waals surface area contributed by atoms with Gasteiger partial charge >= 0.3 is 0 Å². The van der Waals surface area contributed by atoms with Crippen LogP contribution in [0.15, 0.2) is 54.9 Å². The molecule has 0 unspecified atom stereocenters. The summed E-state index contributed by atoms with van der Waals surface area (Å²) in [4.78, 5) is 42.8. The minimum absolute atomic E-state index is 0.102. The summed E-state index contributed by atoms with van der Waals surface area (Å²) in [5.74, 6) is -0.382. The van der Waals surface area contributed by atoms with Crippen molar-refractivity contribution in [2.75, 3.05) is 0 Å². The molecule has 1 aliphatic rings. The molecular weight excluding hydrogens is 358 g/mol. The summed E-state index contributed by atoms with van der Waals surface area (Å²) < 4.78 is 0. The highest BCUT2D eigenvalue weighted by molar-refractivity contribution is 6.21. The van der Waals surface area contributed by atoms with E-state index in [4.69, 9.17) is 0 Å². The average Bonchev–Trinajstić information content (AvgIpc) is 3.33. The molecule has 1 atom stereocenters. The number of rotatable bonds is 5. The summed E-state index contributed by atoms with van der Waals surface area (Å²) in [6.45, 7) is 1.90. The molecule has 0 fully saturated rings. The fraction of sp³-hybridized carbons (Fsp3) is 0.150. The zero-order chi connectivity index (χ0) is 19.7. The highest BCUT2D eigenvalue weighted by Gasteiger charge is 2.35. The molecule has 0 aliphatic carbocycles. The van der Waals surface area contributed by atoms with Crippen LogP contribution >= 0.6 is 0 Å². The Hall–Kier alpha value is -3.81. The van der Waals surface area contributed by atoms with Gasteiger partial charge in [0.05, 0.1) is 23.7 Å². The second-order valence-electron chi connectivity index (χ2n) is 6.51. The predicted octanol–water partition coefficient (Wildman–Crippen LogP) is 2.09. The Morgan fingerprint density at radius 2 is 1.82 bits per heavy atom. The number of nitrogens with one attached hydrogen (secondary N) is 2. The fourth-order valence-corrected chi connectivity index (χ4v) is 3.15. The molecule has 4 rings (SSSR count). The lowest BCUT2D eigenvalue weighted by molar-refractivity contribution is 0.0642. The van der Waals surface area contributed by atoms with E-state index < -0.39 is 0 Å². The van der Waals surface area contributed by atoms with E-state index in [2.05, 4.69) is 20.5 Å². The number of fused-ring (bicyclic) bond motifs is 1. The molecule has 0 spiro atoms. The number of carbonyl (C=O) groups excluding carboxylic acids is 3. The molecule has 3 amide bonds. The van der Waals surface area contributed by atoms with E-state index >= 15 is 0 Å². The summed E-state index contributed by atoms with van der Waals surface area (Å²) in [5.41, 5.74) is 1.93. The first-order chi connectivity index (χ1) is 13.5. The Balaban J connectivity index is 1.49. The van der Waals surface area contributed by atoms with Crippen LogP contribution in [-0.4, -0.2) is 37.8 Å². The summed E-state index contributed by atoms with van der Waals surface area (Å²) in [6.07, 6.45) is 1.38. The molecule has 0 saturated heterocycles. The number of nitrogens with zero attached hydrogens (tertiary/aromatic N) is 3. The van der Waals surface area contributed by atoms with Gasteiger partial charge in [0, 0.05) is 5.56 Å².